The third kappa shape index (κ3) is 8.72. The zero-order valence-electron chi connectivity index (χ0n) is 24.5. The number of nitrogens with zero attached hydrogens (tertiary/aromatic N) is 3. The number of ether oxygens (including phenoxy) is 5. The fourth-order valence-corrected chi connectivity index (χ4v) is 5.75. The van der Waals surface area contributed by atoms with E-state index < -0.39 is 5.97 Å². The first kappa shape index (κ1) is 30.4. The molecule has 0 N–H and O–H groups in total. The summed E-state index contributed by atoms with van der Waals surface area (Å²) in [6.45, 7) is 8.46. The smallest absolute Gasteiger partial charge is 0.338 e. The number of methoxy groups -OCH3 is 2. The lowest BCUT2D eigenvalue weighted by molar-refractivity contribution is -0.156. The minimum Gasteiger partial charge on any atom is -0.493 e. The topological polar surface area (TPSA) is 90.0 Å². The Balaban J connectivity index is 1.47. The first-order chi connectivity index (χ1) is 19.5. The van der Waals surface area contributed by atoms with Crippen LogP contribution < -0.4 is 14.2 Å². The second-order valence-corrected chi connectivity index (χ2v) is 11.2. The zero-order chi connectivity index (χ0) is 28.3. The summed E-state index contributed by atoms with van der Waals surface area (Å²) >= 11 is 0. The molecule has 40 heavy (non-hydrogen) atoms. The standard InChI is InChI=1S/C30H47N3O7/c1-31-14-8-23(9-15-31)30(35)40-25-7-4-19-38-27-22-24(21-26(36-2)28(27)37-3)29(34)39-20-6-13-32-11-5-12-33(16-10-25)18-17-32/h21-23,25H,4-20H2,1-3H3. The van der Waals surface area contributed by atoms with Crippen LogP contribution in [-0.2, 0) is 14.3 Å². The molecule has 0 radical (unpaired) electrons. The highest BCUT2D eigenvalue weighted by Gasteiger charge is 2.28. The molecule has 224 valence electrons. The van der Waals surface area contributed by atoms with E-state index in [-0.39, 0.29) is 18.0 Å². The van der Waals surface area contributed by atoms with Crippen LogP contribution in [0.15, 0.2) is 12.1 Å². The van der Waals surface area contributed by atoms with Crippen LogP contribution in [0.4, 0.5) is 0 Å². The van der Waals surface area contributed by atoms with E-state index in [9.17, 15) is 9.59 Å². The van der Waals surface area contributed by atoms with E-state index in [0.29, 0.717) is 48.9 Å². The van der Waals surface area contributed by atoms with Crippen LogP contribution in [0, 0.1) is 5.92 Å². The quantitative estimate of drug-likeness (QED) is 0.511. The monoisotopic (exact) mass is 561 g/mol. The molecule has 3 atom stereocenters. The normalized spacial score (nSPS) is 26.3. The van der Waals surface area contributed by atoms with Crippen LogP contribution in [-0.4, -0.2) is 120 Å². The van der Waals surface area contributed by atoms with Crippen LogP contribution in [0.1, 0.15) is 55.3 Å². The molecule has 0 saturated carbocycles. The number of carbonyl (C=O) groups excluding carboxylic acids is 2. The summed E-state index contributed by atoms with van der Waals surface area (Å²) < 4.78 is 28.8. The summed E-state index contributed by atoms with van der Waals surface area (Å²) in [5.74, 6) is 0.789. The third-order valence-corrected chi connectivity index (χ3v) is 8.24. The average Bonchev–Trinajstić information content (AvgIpc) is 3.20. The predicted molar refractivity (Wildman–Crippen MR) is 151 cm³/mol. The van der Waals surface area contributed by atoms with Gasteiger partial charge in [0.1, 0.15) is 6.10 Å². The lowest BCUT2D eigenvalue weighted by Crippen LogP contribution is -2.37. The number of piperidine rings is 1. The van der Waals surface area contributed by atoms with E-state index in [4.69, 9.17) is 23.7 Å². The molecular formula is C30H47N3O7. The Morgan fingerprint density at radius 1 is 0.800 bits per heavy atom. The van der Waals surface area contributed by atoms with Gasteiger partial charge >= 0.3 is 11.9 Å². The summed E-state index contributed by atoms with van der Waals surface area (Å²) in [5.41, 5.74) is 0.362. The SMILES string of the molecule is COc1cc2cc(c1OC)OCCCC(OC(=O)C1CCN(C)CC1)CCN1CCCN(CCCOC2=O)CC1. The Morgan fingerprint density at radius 3 is 2.23 bits per heavy atom. The molecule has 10 nitrogen and oxygen atoms in total. The van der Waals surface area contributed by atoms with Crippen molar-refractivity contribution in [1.29, 1.82) is 0 Å². The highest BCUT2D eigenvalue weighted by Crippen LogP contribution is 2.39. The number of fused-ring (bicyclic) bond motifs is 5. The fourth-order valence-electron chi connectivity index (χ4n) is 5.75. The molecule has 3 aliphatic rings. The lowest BCUT2D eigenvalue weighted by atomic mass is 9.97. The van der Waals surface area contributed by atoms with E-state index in [0.717, 1.165) is 84.5 Å². The Morgan fingerprint density at radius 2 is 1.50 bits per heavy atom. The number of carbonyl (C=O) groups is 2. The van der Waals surface area contributed by atoms with Crippen molar-refractivity contribution >= 4 is 11.9 Å². The minimum absolute atomic E-state index is 0.0182. The highest BCUT2D eigenvalue weighted by molar-refractivity contribution is 5.91. The molecule has 3 heterocycles. The van der Waals surface area contributed by atoms with Crippen LogP contribution in [0.3, 0.4) is 0 Å². The van der Waals surface area contributed by atoms with Crippen molar-refractivity contribution < 1.29 is 33.3 Å². The lowest BCUT2D eigenvalue weighted by Gasteiger charge is -2.29. The summed E-state index contributed by atoms with van der Waals surface area (Å²) in [6.07, 6.45) is 5.64. The molecule has 4 bridgehead atoms. The van der Waals surface area contributed by atoms with E-state index in [1.165, 1.54) is 7.11 Å². The van der Waals surface area contributed by atoms with Crippen LogP contribution >= 0.6 is 0 Å². The van der Waals surface area contributed by atoms with Gasteiger partial charge < -0.3 is 38.4 Å². The number of likely N-dealkylation sites (tertiary alicyclic amines) is 1. The van der Waals surface area contributed by atoms with Gasteiger partial charge in [0.25, 0.3) is 0 Å². The summed E-state index contributed by atoms with van der Waals surface area (Å²) in [6, 6.07) is 3.27. The number of benzene rings is 1. The second-order valence-electron chi connectivity index (χ2n) is 11.2. The number of hydrogen-bond acceptors (Lipinski definition) is 10. The van der Waals surface area contributed by atoms with Crippen molar-refractivity contribution in [1.82, 2.24) is 14.7 Å². The third-order valence-electron chi connectivity index (χ3n) is 8.24. The minimum atomic E-state index is -0.411. The molecule has 2 fully saturated rings. The van der Waals surface area contributed by atoms with Crippen molar-refractivity contribution in [2.75, 3.05) is 86.8 Å². The molecule has 1 aromatic carbocycles. The molecule has 3 unspecified atom stereocenters. The van der Waals surface area contributed by atoms with Gasteiger partial charge in [0.15, 0.2) is 11.5 Å². The van der Waals surface area contributed by atoms with Gasteiger partial charge in [0, 0.05) is 26.2 Å². The van der Waals surface area contributed by atoms with Gasteiger partial charge in [-0.2, -0.15) is 0 Å². The number of hydrogen-bond donors (Lipinski definition) is 0. The van der Waals surface area contributed by atoms with Crippen molar-refractivity contribution in [3.8, 4) is 17.2 Å². The van der Waals surface area contributed by atoms with E-state index in [1.807, 2.05) is 0 Å². The molecule has 1 aromatic rings. The average molecular weight is 562 g/mol. The maximum Gasteiger partial charge on any atom is 0.338 e. The maximum absolute atomic E-state index is 13.1. The first-order valence-electron chi connectivity index (χ1n) is 14.9. The number of cyclic esters (lactones) is 1. The maximum atomic E-state index is 13.1. The van der Waals surface area contributed by atoms with E-state index in [1.54, 1.807) is 19.2 Å². The molecule has 2 saturated heterocycles. The Bertz CT molecular complexity index is 967. The van der Waals surface area contributed by atoms with Crippen LogP contribution in [0.5, 0.6) is 17.2 Å². The van der Waals surface area contributed by atoms with E-state index >= 15 is 0 Å². The molecule has 0 aliphatic carbocycles. The number of rotatable bonds is 4. The van der Waals surface area contributed by atoms with Crippen molar-refractivity contribution in [2.45, 2.75) is 51.0 Å². The number of esters is 2. The molecule has 10 heteroatoms. The van der Waals surface area contributed by atoms with Crippen LogP contribution in [0.25, 0.3) is 0 Å². The van der Waals surface area contributed by atoms with Gasteiger partial charge in [-0.1, -0.05) is 0 Å². The molecule has 3 aliphatic heterocycles. The van der Waals surface area contributed by atoms with Gasteiger partial charge in [-0.3, -0.25) is 4.79 Å². The van der Waals surface area contributed by atoms with Crippen molar-refractivity contribution in [2.24, 2.45) is 5.92 Å². The van der Waals surface area contributed by atoms with Gasteiger partial charge in [-0.05, 0) is 90.3 Å². The summed E-state index contributed by atoms with van der Waals surface area (Å²) in [5, 5.41) is 0. The van der Waals surface area contributed by atoms with Gasteiger partial charge in [-0.25, -0.2) is 4.79 Å². The highest BCUT2D eigenvalue weighted by atomic mass is 16.5. The van der Waals surface area contributed by atoms with Crippen molar-refractivity contribution in [3.63, 3.8) is 0 Å². The van der Waals surface area contributed by atoms with Gasteiger partial charge in [-0.15, -0.1) is 0 Å². The molecule has 4 rings (SSSR count). The van der Waals surface area contributed by atoms with Crippen molar-refractivity contribution in [3.05, 3.63) is 17.7 Å². The Hall–Kier alpha value is -2.56. The first-order valence-corrected chi connectivity index (χ1v) is 14.9. The fraction of sp³-hybridized carbons (Fsp3) is 0.733. The summed E-state index contributed by atoms with van der Waals surface area (Å²) in [4.78, 5) is 33.1. The Kier molecular flexibility index (Phi) is 11.7. The predicted octanol–water partition coefficient (Wildman–Crippen LogP) is 3.07. The molecular weight excluding hydrogens is 514 g/mol. The zero-order valence-corrected chi connectivity index (χ0v) is 24.5. The largest absolute Gasteiger partial charge is 0.493 e. The summed E-state index contributed by atoms with van der Waals surface area (Å²) in [7, 11) is 5.17. The van der Waals surface area contributed by atoms with Crippen LogP contribution in [0.2, 0.25) is 0 Å². The molecule has 0 amide bonds. The van der Waals surface area contributed by atoms with Gasteiger partial charge in [0.05, 0.1) is 38.9 Å². The van der Waals surface area contributed by atoms with E-state index in [2.05, 4.69) is 21.7 Å². The Labute approximate surface area is 238 Å². The molecule has 0 spiro atoms. The second kappa shape index (κ2) is 15.4. The molecule has 0 aromatic heterocycles. The van der Waals surface area contributed by atoms with Gasteiger partial charge in [0.2, 0.25) is 5.75 Å².